The first kappa shape index (κ1) is 44.3. The van der Waals surface area contributed by atoms with E-state index in [0.717, 1.165) is 38.5 Å². The monoisotopic (exact) mass is 670 g/mol. The molecule has 46 heavy (non-hydrogen) atoms. The Kier molecular flexibility index (Phi) is 31.9. The molecule has 268 valence electrons. The molecule has 0 bridgehead atoms. The van der Waals surface area contributed by atoms with Crippen molar-refractivity contribution < 1.29 is 37.9 Å². The molecule has 8 nitrogen and oxygen atoms in total. The fourth-order valence-corrected chi connectivity index (χ4v) is 5.25. The first-order valence-corrected chi connectivity index (χ1v) is 19.8. The van der Waals surface area contributed by atoms with Gasteiger partial charge < -0.3 is 19.3 Å². The Morgan fingerprint density at radius 2 is 1.02 bits per heavy atom. The molecule has 0 amide bonds. The summed E-state index contributed by atoms with van der Waals surface area (Å²) in [5.41, 5.74) is 0. The van der Waals surface area contributed by atoms with E-state index in [1.165, 1.54) is 89.9 Å². The van der Waals surface area contributed by atoms with Gasteiger partial charge in [0.1, 0.15) is 6.61 Å². The van der Waals surface area contributed by atoms with E-state index in [-0.39, 0.29) is 19.4 Å². The van der Waals surface area contributed by atoms with Gasteiger partial charge >= 0.3 is 19.8 Å². The summed E-state index contributed by atoms with van der Waals surface area (Å²) in [7, 11) is -4.76. The highest BCUT2D eigenvalue weighted by atomic mass is 31.2. The van der Waals surface area contributed by atoms with Gasteiger partial charge in [0.05, 0.1) is 6.61 Å². The predicted octanol–water partition coefficient (Wildman–Crippen LogP) is 10.6. The molecule has 0 rings (SSSR count). The summed E-state index contributed by atoms with van der Waals surface area (Å²) in [5.74, 6) is -0.969. The zero-order valence-electron chi connectivity index (χ0n) is 29.2. The molecular formula is C37H67O8P. The lowest BCUT2D eigenvalue weighted by molar-refractivity contribution is -0.161. The fourth-order valence-electron chi connectivity index (χ4n) is 4.89. The average Bonchev–Trinajstić information content (AvgIpc) is 3.02. The molecule has 0 aromatic heterocycles. The van der Waals surface area contributed by atoms with Crippen molar-refractivity contribution in [1.29, 1.82) is 0 Å². The SMILES string of the molecule is CCCCCC/C=C/CCCCCCCCCC(=O)OCC(COP(=O)(O)O)OC(=O)CC/C=C/C/C=C/CCCCCCCC. The molecule has 0 heterocycles. The first-order valence-electron chi connectivity index (χ1n) is 18.3. The van der Waals surface area contributed by atoms with Gasteiger partial charge in [-0.25, -0.2) is 4.57 Å². The number of phosphoric acid groups is 1. The molecular weight excluding hydrogens is 603 g/mol. The van der Waals surface area contributed by atoms with Gasteiger partial charge in [-0.15, -0.1) is 0 Å². The van der Waals surface area contributed by atoms with Crippen LogP contribution in [0.25, 0.3) is 0 Å². The third kappa shape index (κ3) is 35.1. The van der Waals surface area contributed by atoms with Crippen molar-refractivity contribution in [3.8, 4) is 0 Å². The van der Waals surface area contributed by atoms with Crippen molar-refractivity contribution in [3.05, 3.63) is 36.5 Å². The topological polar surface area (TPSA) is 119 Å². The number of unbranched alkanes of at least 4 members (excludes halogenated alkanes) is 17. The van der Waals surface area contributed by atoms with Gasteiger partial charge in [0.2, 0.25) is 0 Å². The molecule has 0 saturated heterocycles. The van der Waals surface area contributed by atoms with Crippen LogP contribution in [0.3, 0.4) is 0 Å². The Hall–Kier alpha value is -1.73. The summed E-state index contributed by atoms with van der Waals surface area (Å²) < 4.78 is 26.2. The molecule has 0 aromatic carbocycles. The number of hydrogen-bond donors (Lipinski definition) is 2. The summed E-state index contributed by atoms with van der Waals surface area (Å²) in [6.07, 6.45) is 37.4. The van der Waals surface area contributed by atoms with Gasteiger partial charge in [-0.1, -0.05) is 134 Å². The quantitative estimate of drug-likeness (QED) is 0.0306. The Balaban J connectivity index is 4.05. The second-order valence-corrected chi connectivity index (χ2v) is 13.4. The minimum absolute atomic E-state index is 0.105. The molecule has 0 aromatic rings. The minimum Gasteiger partial charge on any atom is -0.462 e. The lowest BCUT2D eigenvalue weighted by atomic mass is 10.1. The molecule has 0 radical (unpaired) electrons. The Bertz CT molecular complexity index is 848. The summed E-state index contributed by atoms with van der Waals surface area (Å²) in [6.45, 7) is 3.59. The van der Waals surface area contributed by atoms with Crippen LogP contribution in [0.4, 0.5) is 0 Å². The van der Waals surface area contributed by atoms with Crippen LogP contribution in [0.15, 0.2) is 36.5 Å². The summed E-state index contributed by atoms with van der Waals surface area (Å²) in [4.78, 5) is 42.6. The van der Waals surface area contributed by atoms with E-state index in [1.54, 1.807) is 0 Å². The van der Waals surface area contributed by atoms with Crippen molar-refractivity contribution in [2.45, 2.75) is 174 Å². The lowest BCUT2D eigenvalue weighted by Gasteiger charge is -2.18. The second-order valence-electron chi connectivity index (χ2n) is 12.2. The highest BCUT2D eigenvalue weighted by Crippen LogP contribution is 2.35. The minimum atomic E-state index is -4.76. The Labute approximate surface area is 281 Å². The molecule has 0 aliphatic heterocycles. The third-order valence-electron chi connectivity index (χ3n) is 7.64. The number of carbonyl (C=O) groups excluding carboxylic acids is 2. The molecule has 0 fully saturated rings. The number of allylic oxidation sites excluding steroid dienone is 6. The molecule has 0 saturated carbocycles. The summed E-state index contributed by atoms with van der Waals surface area (Å²) in [5, 5.41) is 0. The van der Waals surface area contributed by atoms with Crippen molar-refractivity contribution in [1.82, 2.24) is 0 Å². The maximum Gasteiger partial charge on any atom is 0.469 e. The number of hydrogen-bond acceptors (Lipinski definition) is 6. The summed E-state index contributed by atoms with van der Waals surface area (Å²) in [6, 6.07) is 0. The van der Waals surface area contributed by atoms with Crippen molar-refractivity contribution in [3.63, 3.8) is 0 Å². The molecule has 0 aliphatic rings. The maximum absolute atomic E-state index is 12.3. The van der Waals surface area contributed by atoms with E-state index in [2.05, 4.69) is 42.7 Å². The lowest BCUT2D eigenvalue weighted by Crippen LogP contribution is -2.29. The fraction of sp³-hybridized carbons (Fsp3) is 0.784. The van der Waals surface area contributed by atoms with E-state index < -0.39 is 32.5 Å². The van der Waals surface area contributed by atoms with Crippen LogP contribution in [0.5, 0.6) is 0 Å². The average molecular weight is 671 g/mol. The van der Waals surface area contributed by atoms with E-state index in [9.17, 15) is 14.2 Å². The highest BCUT2D eigenvalue weighted by molar-refractivity contribution is 7.46. The number of carbonyl (C=O) groups is 2. The molecule has 0 aliphatic carbocycles. The predicted molar refractivity (Wildman–Crippen MR) is 188 cm³/mol. The van der Waals surface area contributed by atoms with Crippen molar-refractivity contribution in [2.75, 3.05) is 13.2 Å². The zero-order chi connectivity index (χ0) is 34.0. The van der Waals surface area contributed by atoms with Crippen LogP contribution >= 0.6 is 7.82 Å². The van der Waals surface area contributed by atoms with Crippen molar-refractivity contribution in [2.24, 2.45) is 0 Å². The second kappa shape index (κ2) is 33.2. The number of esters is 2. The molecule has 2 N–H and O–H groups in total. The van der Waals surface area contributed by atoms with Crippen LogP contribution in [0.2, 0.25) is 0 Å². The van der Waals surface area contributed by atoms with Crippen molar-refractivity contribution >= 4 is 19.8 Å². The standard InChI is InChI=1S/C37H67O8P/c1-3-5-7-9-11-13-15-17-18-20-21-23-25-27-29-31-36(38)43-33-35(34-44-46(40,41)42)45-37(39)32-30-28-26-24-22-19-16-14-12-10-8-6-4-2/h13,15,19,22,26,28,35H,3-12,14,16-18,20-21,23-25,27,29-34H2,1-2H3,(H2,40,41,42)/b15-13+,22-19+,28-26+. The van der Waals surface area contributed by atoms with Crippen LogP contribution < -0.4 is 0 Å². The number of ether oxygens (including phenoxy) is 2. The number of phosphoric ester groups is 1. The molecule has 0 spiro atoms. The van der Waals surface area contributed by atoms with Gasteiger partial charge in [-0.3, -0.25) is 14.1 Å². The van der Waals surface area contributed by atoms with E-state index >= 15 is 0 Å². The normalized spacial score (nSPS) is 12.9. The van der Waals surface area contributed by atoms with Crippen LogP contribution in [0, 0.1) is 0 Å². The first-order chi connectivity index (χ1) is 22.3. The van der Waals surface area contributed by atoms with E-state index in [4.69, 9.17) is 19.3 Å². The molecule has 9 heteroatoms. The zero-order valence-corrected chi connectivity index (χ0v) is 30.1. The Morgan fingerprint density at radius 1 is 0.565 bits per heavy atom. The third-order valence-corrected chi connectivity index (χ3v) is 8.13. The van der Waals surface area contributed by atoms with E-state index in [0.29, 0.717) is 12.8 Å². The largest absolute Gasteiger partial charge is 0.469 e. The highest BCUT2D eigenvalue weighted by Gasteiger charge is 2.22. The Morgan fingerprint density at radius 3 is 1.57 bits per heavy atom. The van der Waals surface area contributed by atoms with Crippen LogP contribution in [-0.2, 0) is 28.2 Å². The van der Waals surface area contributed by atoms with Gasteiger partial charge in [-0.2, -0.15) is 0 Å². The molecule has 1 atom stereocenters. The van der Waals surface area contributed by atoms with Crippen LogP contribution in [-0.4, -0.2) is 41.0 Å². The van der Waals surface area contributed by atoms with Gasteiger partial charge in [0.25, 0.3) is 0 Å². The van der Waals surface area contributed by atoms with Crippen LogP contribution in [0.1, 0.15) is 168 Å². The summed E-state index contributed by atoms with van der Waals surface area (Å²) >= 11 is 0. The van der Waals surface area contributed by atoms with Gasteiger partial charge in [-0.05, 0) is 57.8 Å². The molecule has 1 unspecified atom stereocenters. The van der Waals surface area contributed by atoms with Gasteiger partial charge in [0, 0.05) is 12.8 Å². The maximum atomic E-state index is 12.3. The number of rotatable bonds is 33. The smallest absolute Gasteiger partial charge is 0.462 e. The van der Waals surface area contributed by atoms with E-state index in [1.807, 2.05) is 12.2 Å². The van der Waals surface area contributed by atoms with Gasteiger partial charge in [0.15, 0.2) is 6.10 Å².